The van der Waals surface area contributed by atoms with Crippen molar-refractivity contribution < 1.29 is 4.79 Å². The number of nitrogens with zero attached hydrogens (tertiary/aromatic N) is 2. The van der Waals surface area contributed by atoms with Crippen LogP contribution in [-0.2, 0) is 0 Å². The Morgan fingerprint density at radius 2 is 2.20 bits per heavy atom. The number of nitrogens with one attached hydrogen (secondary N) is 1. The van der Waals surface area contributed by atoms with Crippen molar-refractivity contribution in [1.29, 1.82) is 0 Å². The van der Waals surface area contributed by atoms with Gasteiger partial charge in [0.2, 0.25) is 0 Å². The van der Waals surface area contributed by atoms with Gasteiger partial charge in [0.1, 0.15) is 5.82 Å². The number of likely N-dealkylation sites (tertiary alicyclic amines) is 1. The Kier molecular flexibility index (Phi) is 4.99. The summed E-state index contributed by atoms with van der Waals surface area (Å²) >= 11 is 0. The lowest BCUT2D eigenvalue weighted by atomic mass is 10.1. The van der Waals surface area contributed by atoms with Crippen molar-refractivity contribution in [2.24, 2.45) is 0 Å². The number of pyridine rings is 1. The molecule has 0 spiro atoms. The molecule has 0 aliphatic carbocycles. The molecule has 1 aromatic heterocycles. The molecule has 1 fully saturated rings. The smallest absolute Gasteiger partial charge is 0.254 e. The minimum absolute atomic E-state index is 0.143. The fraction of sp³-hybridized carbons (Fsp3) is 0.625. The van der Waals surface area contributed by atoms with Crippen molar-refractivity contribution >= 4 is 11.7 Å². The molecular weight excluding hydrogens is 250 g/mol. The number of carbonyl (C=O) groups excluding carboxylic acids is 1. The molecule has 0 bridgehead atoms. The van der Waals surface area contributed by atoms with Gasteiger partial charge in [0.05, 0.1) is 0 Å². The van der Waals surface area contributed by atoms with E-state index in [-0.39, 0.29) is 5.91 Å². The summed E-state index contributed by atoms with van der Waals surface area (Å²) in [5.74, 6) is 0.933. The van der Waals surface area contributed by atoms with Gasteiger partial charge in [-0.15, -0.1) is 0 Å². The third kappa shape index (κ3) is 3.50. The minimum Gasteiger partial charge on any atom is -0.370 e. The van der Waals surface area contributed by atoms with Crippen LogP contribution in [-0.4, -0.2) is 34.9 Å². The molecule has 1 unspecified atom stereocenters. The Labute approximate surface area is 121 Å². The van der Waals surface area contributed by atoms with Crippen molar-refractivity contribution in [3.63, 3.8) is 0 Å². The molecule has 1 N–H and O–H groups in total. The number of aryl methyl sites for hydroxylation is 1. The Morgan fingerprint density at radius 3 is 2.95 bits per heavy atom. The SMILES string of the molecule is CCNc1cc(C(=O)N2CCCCCC2C)cc(C)n1. The van der Waals surface area contributed by atoms with Crippen LogP contribution in [0.5, 0.6) is 0 Å². The van der Waals surface area contributed by atoms with E-state index in [0.29, 0.717) is 6.04 Å². The van der Waals surface area contributed by atoms with Crippen molar-refractivity contribution in [3.05, 3.63) is 23.4 Å². The van der Waals surface area contributed by atoms with Gasteiger partial charge in [-0.1, -0.05) is 12.8 Å². The van der Waals surface area contributed by atoms with Gasteiger partial charge in [0, 0.05) is 30.4 Å². The molecule has 1 aromatic rings. The molecule has 4 nitrogen and oxygen atoms in total. The van der Waals surface area contributed by atoms with Gasteiger partial charge in [-0.3, -0.25) is 4.79 Å². The van der Waals surface area contributed by atoms with Gasteiger partial charge in [-0.2, -0.15) is 0 Å². The van der Waals surface area contributed by atoms with E-state index in [1.165, 1.54) is 12.8 Å². The van der Waals surface area contributed by atoms with Gasteiger partial charge in [-0.25, -0.2) is 4.98 Å². The molecule has 0 aromatic carbocycles. The van der Waals surface area contributed by atoms with Crippen molar-refractivity contribution in [3.8, 4) is 0 Å². The average Bonchev–Trinajstić information content (AvgIpc) is 2.62. The average molecular weight is 275 g/mol. The normalized spacial score (nSPS) is 19.6. The maximum absolute atomic E-state index is 12.7. The summed E-state index contributed by atoms with van der Waals surface area (Å²) in [6, 6.07) is 4.10. The topological polar surface area (TPSA) is 45.2 Å². The zero-order valence-electron chi connectivity index (χ0n) is 12.8. The van der Waals surface area contributed by atoms with Gasteiger partial charge in [0.25, 0.3) is 5.91 Å². The molecule has 1 aliphatic rings. The van der Waals surface area contributed by atoms with E-state index in [0.717, 1.165) is 43.0 Å². The van der Waals surface area contributed by atoms with Crippen molar-refractivity contribution in [2.75, 3.05) is 18.4 Å². The van der Waals surface area contributed by atoms with Crippen molar-refractivity contribution in [1.82, 2.24) is 9.88 Å². The van der Waals surface area contributed by atoms with E-state index in [9.17, 15) is 4.79 Å². The Bertz CT molecular complexity index is 473. The maximum atomic E-state index is 12.7. The predicted octanol–water partition coefficient (Wildman–Crippen LogP) is 3.23. The summed E-state index contributed by atoms with van der Waals surface area (Å²) in [5.41, 5.74) is 1.64. The van der Waals surface area contributed by atoms with Crippen LogP contribution in [0.2, 0.25) is 0 Å². The molecular formula is C16H25N3O. The summed E-state index contributed by atoms with van der Waals surface area (Å²) in [4.78, 5) is 19.2. The van der Waals surface area contributed by atoms with Crippen LogP contribution in [0.15, 0.2) is 12.1 Å². The zero-order valence-corrected chi connectivity index (χ0v) is 12.8. The van der Waals surface area contributed by atoms with Gasteiger partial charge in [-0.05, 0) is 45.7 Å². The molecule has 2 heterocycles. The highest BCUT2D eigenvalue weighted by atomic mass is 16.2. The number of carbonyl (C=O) groups is 1. The Balaban J connectivity index is 2.22. The number of amides is 1. The monoisotopic (exact) mass is 275 g/mol. The number of hydrogen-bond acceptors (Lipinski definition) is 3. The highest BCUT2D eigenvalue weighted by molar-refractivity contribution is 5.95. The van der Waals surface area contributed by atoms with Gasteiger partial charge >= 0.3 is 0 Å². The summed E-state index contributed by atoms with van der Waals surface area (Å²) in [7, 11) is 0. The highest BCUT2D eigenvalue weighted by Gasteiger charge is 2.23. The molecule has 110 valence electrons. The van der Waals surface area contributed by atoms with Crippen LogP contribution in [0, 0.1) is 6.92 Å². The lowest BCUT2D eigenvalue weighted by molar-refractivity contribution is 0.0697. The fourth-order valence-corrected chi connectivity index (χ4v) is 2.81. The molecule has 0 radical (unpaired) electrons. The molecule has 2 rings (SSSR count). The highest BCUT2D eigenvalue weighted by Crippen LogP contribution is 2.20. The summed E-state index contributed by atoms with van der Waals surface area (Å²) in [6.07, 6.45) is 4.67. The van der Waals surface area contributed by atoms with Crippen LogP contribution in [0.3, 0.4) is 0 Å². The van der Waals surface area contributed by atoms with Crippen LogP contribution < -0.4 is 5.32 Å². The van der Waals surface area contributed by atoms with E-state index in [2.05, 4.69) is 17.2 Å². The first-order valence-electron chi connectivity index (χ1n) is 7.65. The second kappa shape index (κ2) is 6.73. The number of rotatable bonds is 3. The molecule has 0 saturated carbocycles. The van der Waals surface area contributed by atoms with Gasteiger partial charge < -0.3 is 10.2 Å². The predicted molar refractivity (Wildman–Crippen MR) is 82.1 cm³/mol. The zero-order chi connectivity index (χ0) is 14.5. The van der Waals surface area contributed by atoms with Crippen LogP contribution in [0.4, 0.5) is 5.82 Å². The Hall–Kier alpha value is -1.58. The van der Waals surface area contributed by atoms with E-state index < -0.39 is 0 Å². The largest absolute Gasteiger partial charge is 0.370 e. The standard InChI is InChI=1S/C16H25N3O/c1-4-17-15-11-14(10-12(2)18-15)16(20)19-9-7-5-6-8-13(19)3/h10-11,13H,4-9H2,1-3H3,(H,17,18). The summed E-state index contributed by atoms with van der Waals surface area (Å²) in [5, 5.41) is 3.19. The molecule has 4 heteroatoms. The third-order valence-electron chi connectivity index (χ3n) is 3.87. The first-order chi connectivity index (χ1) is 9.61. The van der Waals surface area contributed by atoms with E-state index in [4.69, 9.17) is 0 Å². The fourth-order valence-electron chi connectivity index (χ4n) is 2.81. The first-order valence-corrected chi connectivity index (χ1v) is 7.65. The molecule has 1 amide bonds. The number of hydrogen-bond donors (Lipinski definition) is 1. The van der Waals surface area contributed by atoms with E-state index >= 15 is 0 Å². The number of aromatic nitrogens is 1. The van der Waals surface area contributed by atoms with E-state index in [1.54, 1.807) is 0 Å². The lowest BCUT2D eigenvalue weighted by Gasteiger charge is -2.27. The van der Waals surface area contributed by atoms with Crippen LogP contribution >= 0.6 is 0 Å². The van der Waals surface area contributed by atoms with Crippen LogP contribution in [0.1, 0.15) is 55.6 Å². The Morgan fingerprint density at radius 1 is 1.40 bits per heavy atom. The van der Waals surface area contributed by atoms with Gasteiger partial charge in [0.15, 0.2) is 0 Å². The quantitative estimate of drug-likeness (QED) is 0.921. The summed E-state index contributed by atoms with van der Waals surface area (Å²) < 4.78 is 0. The second-order valence-corrected chi connectivity index (χ2v) is 5.61. The third-order valence-corrected chi connectivity index (χ3v) is 3.87. The minimum atomic E-state index is 0.143. The second-order valence-electron chi connectivity index (χ2n) is 5.61. The molecule has 1 aliphatic heterocycles. The maximum Gasteiger partial charge on any atom is 0.254 e. The lowest BCUT2D eigenvalue weighted by Crippen LogP contribution is -2.38. The number of anilines is 1. The van der Waals surface area contributed by atoms with E-state index in [1.807, 2.05) is 30.9 Å². The van der Waals surface area contributed by atoms with Crippen molar-refractivity contribution in [2.45, 2.75) is 52.5 Å². The molecule has 20 heavy (non-hydrogen) atoms. The molecule has 1 saturated heterocycles. The van der Waals surface area contributed by atoms with Crippen LogP contribution in [0.25, 0.3) is 0 Å². The first kappa shape index (κ1) is 14.8. The summed E-state index contributed by atoms with van der Waals surface area (Å²) in [6.45, 7) is 7.80. The molecule has 1 atom stereocenters.